The molecule has 0 saturated carbocycles. The van der Waals surface area contributed by atoms with Crippen LogP contribution < -0.4 is 10.6 Å². The Bertz CT molecular complexity index is 1160. The molecular formula is C25H29N6OY-. The Morgan fingerprint density at radius 3 is 2.33 bits per heavy atom. The van der Waals surface area contributed by atoms with Gasteiger partial charge in [-0.05, 0) is 30.5 Å². The summed E-state index contributed by atoms with van der Waals surface area (Å²) in [5, 5.41) is 16.2. The first-order valence-electron chi connectivity index (χ1n) is 10.9. The molecule has 0 saturated heterocycles. The van der Waals surface area contributed by atoms with Gasteiger partial charge in [0.05, 0.1) is 6.33 Å². The predicted octanol–water partition coefficient (Wildman–Crippen LogP) is 4.68. The topological polar surface area (TPSA) is 87.9 Å². The minimum atomic E-state index is -0.221. The van der Waals surface area contributed by atoms with Crippen molar-refractivity contribution in [3.8, 4) is 11.1 Å². The van der Waals surface area contributed by atoms with E-state index in [9.17, 15) is 5.11 Å². The van der Waals surface area contributed by atoms with E-state index in [1.54, 1.807) is 6.33 Å². The number of imidazole rings is 1. The van der Waals surface area contributed by atoms with Gasteiger partial charge in [-0.2, -0.15) is 16.9 Å². The molecule has 0 aliphatic heterocycles. The zero-order valence-corrected chi connectivity index (χ0v) is 22.1. The molecule has 1 unspecified atom stereocenters. The minimum Gasteiger partial charge on any atom is -0.397 e. The van der Waals surface area contributed by atoms with Crippen molar-refractivity contribution in [2.24, 2.45) is 0 Å². The molecule has 0 fully saturated rings. The summed E-state index contributed by atoms with van der Waals surface area (Å²) in [6, 6.07) is 18.8. The van der Waals surface area contributed by atoms with Crippen molar-refractivity contribution in [1.29, 1.82) is 0 Å². The first-order valence-corrected chi connectivity index (χ1v) is 10.9. The van der Waals surface area contributed by atoms with Crippen LogP contribution >= 0.6 is 0 Å². The fourth-order valence-electron chi connectivity index (χ4n) is 3.51. The second-order valence-electron chi connectivity index (χ2n) is 8.00. The molecule has 0 amide bonds. The second-order valence-corrected chi connectivity index (χ2v) is 8.00. The Morgan fingerprint density at radius 1 is 1.00 bits per heavy atom. The molecule has 0 bridgehead atoms. The summed E-state index contributed by atoms with van der Waals surface area (Å²) in [5.74, 6) is 1.12. The molecule has 8 heteroatoms. The van der Waals surface area contributed by atoms with Gasteiger partial charge in [0.25, 0.3) is 0 Å². The molecule has 2 aromatic carbocycles. The van der Waals surface area contributed by atoms with Gasteiger partial charge in [-0.1, -0.05) is 60.6 Å². The van der Waals surface area contributed by atoms with Crippen LogP contribution in [-0.4, -0.2) is 37.3 Å². The van der Waals surface area contributed by atoms with E-state index in [1.165, 1.54) is 11.1 Å². The van der Waals surface area contributed by atoms with Gasteiger partial charge in [-0.25, -0.2) is 4.98 Å². The van der Waals surface area contributed by atoms with E-state index in [1.807, 2.05) is 36.1 Å². The van der Waals surface area contributed by atoms with Crippen LogP contribution in [0.15, 0.2) is 60.9 Å². The molecule has 4 aromatic rings. The van der Waals surface area contributed by atoms with Crippen molar-refractivity contribution >= 4 is 22.9 Å². The van der Waals surface area contributed by atoms with Gasteiger partial charge >= 0.3 is 0 Å². The normalized spacial score (nSPS) is 11.9. The van der Waals surface area contributed by atoms with Gasteiger partial charge in [0, 0.05) is 51.9 Å². The molecule has 1 radical (unpaired) electrons. The van der Waals surface area contributed by atoms with Gasteiger partial charge in [-0.3, -0.25) is 0 Å². The summed E-state index contributed by atoms with van der Waals surface area (Å²) in [6.07, 6.45) is 3.68. The van der Waals surface area contributed by atoms with Crippen LogP contribution in [0.4, 0.5) is 11.8 Å². The van der Waals surface area contributed by atoms with Crippen molar-refractivity contribution in [2.75, 3.05) is 17.2 Å². The number of aliphatic hydroxyl groups is 1. The molecule has 4 rings (SSSR count). The van der Waals surface area contributed by atoms with Crippen molar-refractivity contribution in [2.45, 2.75) is 39.4 Å². The molecule has 0 spiro atoms. The summed E-state index contributed by atoms with van der Waals surface area (Å²) < 4.78 is 2.02. The molecule has 0 aliphatic carbocycles. The summed E-state index contributed by atoms with van der Waals surface area (Å²) in [5.41, 5.74) is 5.01. The van der Waals surface area contributed by atoms with E-state index in [-0.39, 0.29) is 51.4 Å². The quantitative estimate of drug-likeness (QED) is 0.279. The van der Waals surface area contributed by atoms with Gasteiger partial charge in [0.1, 0.15) is 0 Å². The molecule has 169 valence electrons. The SMILES string of the molecule is C[CH-]C(CO)Nc1nc(NCc2ccc(-c3ccccc3)cc2)c2ncn(C(C)C)c2n1.[Y]. The number of aromatic nitrogens is 4. The Labute approximate surface area is 220 Å². The largest absolute Gasteiger partial charge is 0.397 e. The predicted molar refractivity (Wildman–Crippen MR) is 129 cm³/mol. The number of hydrogen-bond acceptors (Lipinski definition) is 6. The smallest absolute Gasteiger partial charge is 0.224 e. The van der Waals surface area contributed by atoms with Crippen molar-refractivity contribution in [3.05, 3.63) is 72.9 Å². The standard InChI is InChI=1S/C25H29N6O.Y/c1-4-21(15-32)28-25-29-23(22-24(30-25)31(16-27-22)17(2)3)26-14-18-10-12-20(13-11-18)19-8-6-5-7-9-19;/h4-13,16-17,21,32H,14-15H2,1-3H3,(H2,26,28,29,30);/q-1;. The Hall–Kier alpha value is -2.35. The number of nitrogens with zero attached hydrogens (tertiary/aromatic N) is 4. The molecule has 3 N–H and O–H groups in total. The van der Waals surface area contributed by atoms with E-state index in [0.29, 0.717) is 18.3 Å². The van der Waals surface area contributed by atoms with Crippen LogP contribution in [0.1, 0.15) is 32.4 Å². The third-order valence-electron chi connectivity index (χ3n) is 5.41. The maximum Gasteiger partial charge on any atom is 0.224 e. The number of fused-ring (bicyclic) bond motifs is 1. The van der Waals surface area contributed by atoms with Crippen LogP contribution in [0.2, 0.25) is 0 Å². The molecule has 7 nitrogen and oxygen atoms in total. The summed E-state index contributed by atoms with van der Waals surface area (Å²) >= 11 is 0. The van der Waals surface area contributed by atoms with E-state index >= 15 is 0 Å². The molecule has 2 heterocycles. The van der Waals surface area contributed by atoms with Gasteiger partial charge in [0.2, 0.25) is 5.95 Å². The third kappa shape index (κ3) is 5.97. The number of benzene rings is 2. The van der Waals surface area contributed by atoms with E-state index in [0.717, 1.165) is 16.7 Å². The molecule has 33 heavy (non-hydrogen) atoms. The Kier molecular flexibility index (Phi) is 8.95. The number of anilines is 2. The van der Waals surface area contributed by atoms with Crippen LogP contribution in [0.25, 0.3) is 22.3 Å². The number of aliphatic hydroxyl groups excluding tert-OH is 1. The van der Waals surface area contributed by atoms with Crippen LogP contribution in [0.5, 0.6) is 0 Å². The molecule has 1 atom stereocenters. The number of hydrogen-bond donors (Lipinski definition) is 3. The number of rotatable bonds is 9. The fourth-order valence-corrected chi connectivity index (χ4v) is 3.51. The molecule has 0 aliphatic rings. The van der Waals surface area contributed by atoms with E-state index in [2.05, 4.69) is 75.8 Å². The molecule has 2 aromatic heterocycles. The van der Waals surface area contributed by atoms with Gasteiger partial charge in [0.15, 0.2) is 17.0 Å². The van der Waals surface area contributed by atoms with Gasteiger partial charge < -0.3 is 26.7 Å². The van der Waals surface area contributed by atoms with Crippen LogP contribution in [0.3, 0.4) is 0 Å². The third-order valence-corrected chi connectivity index (χ3v) is 5.41. The van der Waals surface area contributed by atoms with Crippen LogP contribution in [0, 0.1) is 6.42 Å². The maximum absolute atomic E-state index is 9.55. The van der Waals surface area contributed by atoms with E-state index < -0.39 is 0 Å². The maximum atomic E-state index is 9.55. The second kappa shape index (κ2) is 11.7. The summed E-state index contributed by atoms with van der Waals surface area (Å²) in [7, 11) is 0. The van der Waals surface area contributed by atoms with E-state index in [4.69, 9.17) is 0 Å². The zero-order chi connectivity index (χ0) is 22.5. The number of nitrogens with one attached hydrogen (secondary N) is 2. The summed E-state index contributed by atoms with van der Waals surface area (Å²) in [6.45, 7) is 6.65. The average molecular weight is 518 g/mol. The Balaban J connectivity index is 0.00000306. The minimum absolute atomic E-state index is 0. The molecular weight excluding hydrogens is 489 g/mol. The van der Waals surface area contributed by atoms with Crippen LogP contribution in [-0.2, 0) is 39.3 Å². The monoisotopic (exact) mass is 518 g/mol. The Morgan fingerprint density at radius 2 is 1.70 bits per heavy atom. The zero-order valence-electron chi connectivity index (χ0n) is 19.2. The van der Waals surface area contributed by atoms with Crippen molar-refractivity contribution in [3.63, 3.8) is 0 Å². The average Bonchev–Trinajstić information content (AvgIpc) is 3.26. The summed E-state index contributed by atoms with van der Waals surface area (Å²) in [4.78, 5) is 13.9. The van der Waals surface area contributed by atoms with Crippen molar-refractivity contribution in [1.82, 2.24) is 19.5 Å². The van der Waals surface area contributed by atoms with Gasteiger partial charge in [-0.15, -0.1) is 0 Å². The van der Waals surface area contributed by atoms with Crippen molar-refractivity contribution < 1.29 is 37.8 Å². The fraction of sp³-hybridized carbons (Fsp3) is 0.280. The first kappa shape index (κ1) is 25.3. The first-order chi connectivity index (χ1) is 15.6.